The van der Waals surface area contributed by atoms with E-state index >= 15 is 0 Å². The number of aromatic nitrogens is 1. The zero-order valence-electron chi connectivity index (χ0n) is 13.6. The first-order valence-corrected chi connectivity index (χ1v) is 7.77. The molecule has 2 amide bonds. The highest BCUT2D eigenvalue weighted by Gasteiger charge is 2.24. The fourth-order valence-corrected chi connectivity index (χ4v) is 2.68. The molecule has 2 aromatic rings. The van der Waals surface area contributed by atoms with Crippen molar-refractivity contribution in [1.82, 2.24) is 10.4 Å². The number of carbonyl (C=O) groups is 2. The van der Waals surface area contributed by atoms with Crippen molar-refractivity contribution in [2.24, 2.45) is 5.10 Å². The Hall–Kier alpha value is -3.02. The number of pyridine rings is 1. The van der Waals surface area contributed by atoms with Crippen LogP contribution in [0.15, 0.2) is 47.8 Å². The summed E-state index contributed by atoms with van der Waals surface area (Å²) < 4.78 is 0. The predicted octanol–water partition coefficient (Wildman–Crippen LogP) is 2.14. The fraction of sp³-hybridized carbons (Fsp3) is 0.222. The SMILES string of the molecule is CC/C(=N\NC(=O)c1ccncc1)c1ccc2c(c1)CC(=O)N2C. The molecule has 0 bridgehead atoms. The van der Waals surface area contributed by atoms with Gasteiger partial charge < -0.3 is 4.90 Å². The quantitative estimate of drug-likeness (QED) is 0.692. The van der Waals surface area contributed by atoms with Gasteiger partial charge in [-0.3, -0.25) is 14.6 Å². The Balaban J connectivity index is 1.81. The monoisotopic (exact) mass is 322 g/mol. The van der Waals surface area contributed by atoms with Crippen LogP contribution >= 0.6 is 0 Å². The molecular formula is C18H18N4O2. The molecular weight excluding hydrogens is 304 g/mol. The second-order valence-corrected chi connectivity index (χ2v) is 5.56. The fourth-order valence-electron chi connectivity index (χ4n) is 2.68. The van der Waals surface area contributed by atoms with Crippen molar-refractivity contribution in [2.45, 2.75) is 19.8 Å². The lowest BCUT2D eigenvalue weighted by Gasteiger charge is -2.11. The van der Waals surface area contributed by atoms with E-state index in [4.69, 9.17) is 0 Å². The molecule has 122 valence electrons. The zero-order chi connectivity index (χ0) is 17.1. The number of nitrogens with zero attached hydrogens (tertiary/aromatic N) is 3. The van der Waals surface area contributed by atoms with Gasteiger partial charge in [0, 0.05) is 30.7 Å². The largest absolute Gasteiger partial charge is 0.315 e. The third-order valence-electron chi connectivity index (χ3n) is 4.06. The Morgan fingerprint density at radius 3 is 2.71 bits per heavy atom. The summed E-state index contributed by atoms with van der Waals surface area (Å²) >= 11 is 0. The minimum absolute atomic E-state index is 0.0862. The van der Waals surface area contributed by atoms with E-state index in [9.17, 15) is 9.59 Å². The summed E-state index contributed by atoms with van der Waals surface area (Å²) in [5.74, 6) is -0.192. The Bertz CT molecular complexity index is 815. The first kappa shape index (κ1) is 15.9. The molecule has 0 fully saturated rings. The number of rotatable bonds is 4. The Kier molecular flexibility index (Phi) is 4.37. The summed E-state index contributed by atoms with van der Waals surface area (Å²) in [6.45, 7) is 1.97. The molecule has 0 atom stereocenters. The zero-order valence-corrected chi connectivity index (χ0v) is 13.6. The van der Waals surface area contributed by atoms with Gasteiger partial charge in [0.2, 0.25) is 5.91 Å². The first-order valence-electron chi connectivity index (χ1n) is 7.77. The third-order valence-corrected chi connectivity index (χ3v) is 4.06. The molecule has 1 aromatic heterocycles. The molecule has 1 N–H and O–H groups in total. The summed E-state index contributed by atoms with van der Waals surface area (Å²) in [6, 6.07) is 9.08. The second-order valence-electron chi connectivity index (χ2n) is 5.56. The Morgan fingerprint density at radius 2 is 2.00 bits per heavy atom. The highest BCUT2D eigenvalue weighted by Crippen LogP contribution is 2.28. The van der Waals surface area contributed by atoms with Crippen molar-refractivity contribution in [3.8, 4) is 0 Å². The molecule has 3 rings (SSSR count). The third kappa shape index (κ3) is 3.03. The van der Waals surface area contributed by atoms with Crippen molar-refractivity contribution < 1.29 is 9.59 Å². The summed E-state index contributed by atoms with van der Waals surface area (Å²) in [7, 11) is 1.78. The minimum atomic E-state index is -0.278. The number of amides is 2. The smallest absolute Gasteiger partial charge is 0.271 e. The number of hydrazone groups is 1. The van der Waals surface area contributed by atoms with E-state index < -0.39 is 0 Å². The molecule has 0 unspecified atom stereocenters. The molecule has 1 aliphatic heterocycles. The van der Waals surface area contributed by atoms with Gasteiger partial charge in [-0.2, -0.15) is 5.10 Å². The predicted molar refractivity (Wildman–Crippen MR) is 92.1 cm³/mol. The molecule has 0 spiro atoms. The number of carbonyl (C=O) groups excluding carboxylic acids is 2. The van der Waals surface area contributed by atoms with Gasteiger partial charge in [-0.25, -0.2) is 5.43 Å². The van der Waals surface area contributed by atoms with Gasteiger partial charge in [0.1, 0.15) is 0 Å². The lowest BCUT2D eigenvalue weighted by atomic mass is 10.0. The van der Waals surface area contributed by atoms with Crippen LogP contribution in [0.2, 0.25) is 0 Å². The van der Waals surface area contributed by atoms with Crippen LogP contribution in [0.25, 0.3) is 0 Å². The number of nitrogens with one attached hydrogen (secondary N) is 1. The molecule has 1 aromatic carbocycles. The van der Waals surface area contributed by atoms with Crippen LogP contribution < -0.4 is 10.3 Å². The van der Waals surface area contributed by atoms with Gasteiger partial charge in [-0.15, -0.1) is 0 Å². The van der Waals surface area contributed by atoms with Crippen LogP contribution in [0.5, 0.6) is 0 Å². The molecule has 2 heterocycles. The maximum Gasteiger partial charge on any atom is 0.271 e. The van der Waals surface area contributed by atoms with Crippen molar-refractivity contribution >= 4 is 23.2 Å². The van der Waals surface area contributed by atoms with E-state index in [1.54, 1.807) is 36.5 Å². The van der Waals surface area contributed by atoms with Crippen molar-refractivity contribution in [3.05, 3.63) is 59.4 Å². The van der Waals surface area contributed by atoms with E-state index in [0.717, 1.165) is 22.5 Å². The lowest BCUT2D eigenvalue weighted by Crippen LogP contribution is -2.20. The maximum absolute atomic E-state index is 12.1. The van der Waals surface area contributed by atoms with Crippen LogP contribution in [-0.4, -0.2) is 29.6 Å². The molecule has 1 aliphatic rings. The summed E-state index contributed by atoms with van der Waals surface area (Å²) in [6.07, 6.45) is 4.19. The van der Waals surface area contributed by atoms with Gasteiger partial charge in [0.05, 0.1) is 12.1 Å². The molecule has 6 heteroatoms. The van der Waals surface area contributed by atoms with Crippen molar-refractivity contribution in [2.75, 3.05) is 11.9 Å². The summed E-state index contributed by atoms with van der Waals surface area (Å²) in [4.78, 5) is 29.4. The average Bonchev–Trinajstić information content (AvgIpc) is 2.90. The normalized spacial score (nSPS) is 13.8. The Morgan fingerprint density at radius 1 is 1.25 bits per heavy atom. The second kappa shape index (κ2) is 6.62. The number of fused-ring (bicyclic) bond motifs is 1. The molecule has 0 radical (unpaired) electrons. The highest BCUT2D eigenvalue weighted by atomic mass is 16.2. The number of likely N-dealkylation sites (N-methyl/N-ethyl adjacent to an activating group) is 1. The van der Waals surface area contributed by atoms with E-state index in [2.05, 4.69) is 15.5 Å². The summed E-state index contributed by atoms with van der Waals surface area (Å²) in [5.41, 5.74) is 6.68. The lowest BCUT2D eigenvalue weighted by molar-refractivity contribution is -0.117. The molecule has 6 nitrogen and oxygen atoms in total. The highest BCUT2D eigenvalue weighted by molar-refractivity contribution is 6.05. The number of hydrogen-bond acceptors (Lipinski definition) is 4. The summed E-state index contributed by atoms with van der Waals surface area (Å²) in [5, 5.41) is 4.25. The van der Waals surface area contributed by atoms with E-state index in [0.29, 0.717) is 18.4 Å². The molecule has 24 heavy (non-hydrogen) atoms. The Labute approximate surface area is 140 Å². The van der Waals surface area contributed by atoms with Gasteiger partial charge in [-0.05, 0) is 41.8 Å². The number of anilines is 1. The van der Waals surface area contributed by atoms with Crippen LogP contribution in [0.3, 0.4) is 0 Å². The minimum Gasteiger partial charge on any atom is -0.315 e. The first-order chi connectivity index (χ1) is 11.6. The standard InChI is InChI=1S/C18H18N4O2/c1-3-15(20-21-18(24)12-6-8-19-9-7-12)13-4-5-16-14(10-13)11-17(23)22(16)2/h4-10H,3,11H2,1-2H3,(H,21,24)/b20-15+. The molecule has 0 saturated carbocycles. The van der Waals surface area contributed by atoms with Gasteiger partial charge in [0.15, 0.2) is 0 Å². The topological polar surface area (TPSA) is 74.7 Å². The van der Waals surface area contributed by atoms with Crippen LogP contribution in [0.1, 0.15) is 34.8 Å². The molecule has 0 saturated heterocycles. The number of hydrogen-bond donors (Lipinski definition) is 1. The molecule has 0 aliphatic carbocycles. The van der Waals surface area contributed by atoms with Crippen molar-refractivity contribution in [3.63, 3.8) is 0 Å². The van der Waals surface area contributed by atoms with Crippen LogP contribution in [-0.2, 0) is 11.2 Å². The van der Waals surface area contributed by atoms with Crippen molar-refractivity contribution in [1.29, 1.82) is 0 Å². The van der Waals surface area contributed by atoms with Crippen LogP contribution in [0.4, 0.5) is 5.69 Å². The van der Waals surface area contributed by atoms with Gasteiger partial charge >= 0.3 is 0 Å². The van der Waals surface area contributed by atoms with Gasteiger partial charge in [-0.1, -0.05) is 13.0 Å². The van der Waals surface area contributed by atoms with Crippen LogP contribution in [0, 0.1) is 0 Å². The van der Waals surface area contributed by atoms with E-state index in [-0.39, 0.29) is 11.8 Å². The van der Waals surface area contributed by atoms with E-state index in [1.165, 1.54) is 0 Å². The average molecular weight is 322 g/mol. The van der Waals surface area contributed by atoms with Gasteiger partial charge in [0.25, 0.3) is 5.91 Å². The number of benzene rings is 1. The maximum atomic E-state index is 12.1. The van der Waals surface area contributed by atoms with E-state index in [1.807, 2.05) is 25.1 Å².